The van der Waals surface area contributed by atoms with Crippen LogP contribution in [0.2, 0.25) is 0 Å². The topological polar surface area (TPSA) is 91.6 Å². The lowest BCUT2D eigenvalue weighted by Crippen LogP contribution is -2.50. The number of hydrogen-bond donors (Lipinski definition) is 1. The molecule has 0 aliphatic carbocycles. The third-order valence-corrected chi connectivity index (χ3v) is 6.40. The maximum absolute atomic E-state index is 13.0. The minimum absolute atomic E-state index is 0.101. The van der Waals surface area contributed by atoms with Gasteiger partial charge in [0.05, 0.1) is 23.7 Å². The van der Waals surface area contributed by atoms with Gasteiger partial charge in [0.2, 0.25) is 11.8 Å². The van der Waals surface area contributed by atoms with E-state index >= 15 is 0 Å². The summed E-state index contributed by atoms with van der Waals surface area (Å²) in [6.07, 6.45) is 0.348. The minimum atomic E-state index is -0.138. The molecule has 9 heteroatoms. The molecule has 3 heterocycles. The van der Waals surface area contributed by atoms with Crippen molar-refractivity contribution in [2.75, 3.05) is 38.0 Å². The Morgan fingerprint density at radius 3 is 2.47 bits per heavy atom. The average molecular weight is 454 g/mol. The number of thiazole rings is 1. The second-order valence-electron chi connectivity index (χ2n) is 8.08. The minimum Gasteiger partial charge on any atom is -0.360 e. The number of nitrogens with one attached hydrogen (secondary N) is 1. The Balaban J connectivity index is 1.30. The van der Waals surface area contributed by atoms with E-state index in [1.54, 1.807) is 24.3 Å². The van der Waals surface area contributed by atoms with E-state index in [1.807, 2.05) is 16.7 Å². The molecular formula is C23H27N5O3S. The van der Waals surface area contributed by atoms with Crippen molar-refractivity contribution in [2.24, 2.45) is 0 Å². The van der Waals surface area contributed by atoms with Crippen LogP contribution in [-0.2, 0) is 16.0 Å². The Morgan fingerprint density at radius 1 is 1.09 bits per heavy atom. The van der Waals surface area contributed by atoms with E-state index < -0.39 is 0 Å². The molecule has 0 bridgehead atoms. The van der Waals surface area contributed by atoms with E-state index in [-0.39, 0.29) is 18.4 Å². The van der Waals surface area contributed by atoms with Crippen molar-refractivity contribution >= 4 is 29.0 Å². The molecule has 1 fully saturated rings. The summed E-state index contributed by atoms with van der Waals surface area (Å²) in [7, 11) is 0. The van der Waals surface area contributed by atoms with E-state index in [0.717, 1.165) is 21.1 Å². The summed E-state index contributed by atoms with van der Waals surface area (Å²) in [5.41, 5.74) is 3.14. The zero-order chi connectivity index (χ0) is 22.7. The molecular weight excluding hydrogens is 426 g/mol. The van der Waals surface area contributed by atoms with Gasteiger partial charge < -0.3 is 14.7 Å². The summed E-state index contributed by atoms with van der Waals surface area (Å²) in [5, 5.41) is 7.47. The Kier molecular flexibility index (Phi) is 6.66. The van der Waals surface area contributed by atoms with Gasteiger partial charge in [-0.2, -0.15) is 0 Å². The van der Waals surface area contributed by atoms with Gasteiger partial charge in [0.25, 0.3) is 0 Å². The fraction of sp³-hybridized carbons (Fsp3) is 0.391. The van der Waals surface area contributed by atoms with Crippen LogP contribution >= 0.6 is 11.3 Å². The molecule has 0 atom stereocenters. The molecule has 1 aromatic carbocycles. The van der Waals surface area contributed by atoms with E-state index in [1.165, 1.54) is 5.56 Å². The third-order valence-electron chi connectivity index (χ3n) is 5.43. The van der Waals surface area contributed by atoms with Gasteiger partial charge >= 0.3 is 0 Å². The first-order valence-electron chi connectivity index (χ1n) is 10.6. The normalized spacial score (nSPS) is 14.5. The van der Waals surface area contributed by atoms with Crippen molar-refractivity contribution in [1.82, 2.24) is 19.9 Å². The van der Waals surface area contributed by atoms with Gasteiger partial charge in [-0.05, 0) is 20.8 Å². The van der Waals surface area contributed by atoms with E-state index in [0.29, 0.717) is 44.2 Å². The Labute approximate surface area is 191 Å². The first-order chi connectivity index (χ1) is 15.4. The predicted octanol–water partition coefficient (Wildman–Crippen LogP) is 3.05. The molecule has 1 N–H and O–H groups in total. The predicted molar refractivity (Wildman–Crippen MR) is 124 cm³/mol. The van der Waals surface area contributed by atoms with E-state index in [9.17, 15) is 9.59 Å². The second kappa shape index (κ2) is 9.62. The SMILES string of the molecule is Cc1ccc(-c2nc(C)sc2CC(=O)N2CCN(CC(=O)Nc3cc(C)on3)CC2)cc1. The standard InChI is InChI=1S/C23H27N5O3S/c1-15-4-6-18(7-5-15)23-19(32-17(3)24-23)13-22(30)28-10-8-27(9-11-28)14-21(29)25-20-12-16(2)31-26-20/h4-7,12H,8-11,13-14H2,1-3H3,(H,25,26,29). The molecule has 1 aliphatic rings. The van der Waals surface area contributed by atoms with Crippen molar-refractivity contribution in [2.45, 2.75) is 27.2 Å². The summed E-state index contributed by atoms with van der Waals surface area (Å²) in [5.74, 6) is 1.03. The van der Waals surface area contributed by atoms with Gasteiger partial charge in [-0.25, -0.2) is 4.98 Å². The zero-order valence-corrected chi connectivity index (χ0v) is 19.4. The number of piperazine rings is 1. The Hall–Kier alpha value is -3.04. The van der Waals surface area contributed by atoms with Crippen molar-refractivity contribution in [3.05, 3.63) is 51.5 Å². The van der Waals surface area contributed by atoms with Crippen LogP contribution in [0.4, 0.5) is 5.82 Å². The molecule has 1 aliphatic heterocycles. The quantitative estimate of drug-likeness (QED) is 0.617. The smallest absolute Gasteiger partial charge is 0.239 e. The first-order valence-corrected chi connectivity index (χ1v) is 11.5. The summed E-state index contributed by atoms with van der Waals surface area (Å²) >= 11 is 1.58. The molecule has 0 spiro atoms. The average Bonchev–Trinajstić information content (AvgIpc) is 3.33. The van der Waals surface area contributed by atoms with Crippen LogP contribution in [-0.4, -0.2) is 64.5 Å². The Bertz CT molecular complexity index is 1100. The molecule has 168 valence electrons. The molecule has 32 heavy (non-hydrogen) atoms. The number of rotatable bonds is 6. The molecule has 0 saturated carbocycles. The highest BCUT2D eigenvalue weighted by Crippen LogP contribution is 2.29. The second-order valence-corrected chi connectivity index (χ2v) is 9.36. The number of aromatic nitrogens is 2. The number of carbonyl (C=O) groups is 2. The Morgan fingerprint density at radius 2 is 1.81 bits per heavy atom. The number of amides is 2. The van der Waals surface area contributed by atoms with Crippen LogP contribution in [0.1, 0.15) is 21.2 Å². The number of nitrogens with zero attached hydrogens (tertiary/aromatic N) is 4. The highest BCUT2D eigenvalue weighted by Gasteiger charge is 2.24. The third kappa shape index (κ3) is 5.41. The van der Waals surface area contributed by atoms with E-state index in [4.69, 9.17) is 4.52 Å². The number of anilines is 1. The zero-order valence-electron chi connectivity index (χ0n) is 18.6. The molecule has 3 aromatic rings. The van der Waals surface area contributed by atoms with Crippen LogP contribution < -0.4 is 5.32 Å². The van der Waals surface area contributed by atoms with Gasteiger partial charge in [-0.1, -0.05) is 35.0 Å². The number of benzene rings is 1. The molecule has 1 saturated heterocycles. The monoisotopic (exact) mass is 453 g/mol. The fourth-order valence-electron chi connectivity index (χ4n) is 3.74. The van der Waals surface area contributed by atoms with Crippen molar-refractivity contribution in [3.63, 3.8) is 0 Å². The van der Waals surface area contributed by atoms with E-state index in [2.05, 4.69) is 46.6 Å². The number of hydrogen-bond acceptors (Lipinski definition) is 7. The number of aryl methyl sites for hydroxylation is 3. The molecule has 0 radical (unpaired) electrons. The largest absolute Gasteiger partial charge is 0.360 e. The summed E-state index contributed by atoms with van der Waals surface area (Å²) in [4.78, 5) is 34.8. The molecule has 4 rings (SSSR count). The maximum Gasteiger partial charge on any atom is 0.239 e. The highest BCUT2D eigenvalue weighted by molar-refractivity contribution is 7.12. The van der Waals surface area contributed by atoms with Crippen LogP contribution in [0, 0.1) is 20.8 Å². The van der Waals surface area contributed by atoms with Crippen molar-refractivity contribution in [3.8, 4) is 11.3 Å². The van der Waals surface area contributed by atoms with Gasteiger partial charge in [-0.15, -0.1) is 11.3 Å². The number of carbonyl (C=O) groups excluding carboxylic acids is 2. The van der Waals surface area contributed by atoms with Gasteiger partial charge in [0.1, 0.15) is 5.76 Å². The summed E-state index contributed by atoms with van der Waals surface area (Å²) < 4.78 is 4.96. The van der Waals surface area contributed by atoms with Crippen LogP contribution in [0.3, 0.4) is 0 Å². The molecule has 2 aromatic heterocycles. The van der Waals surface area contributed by atoms with Gasteiger partial charge in [0, 0.05) is 42.7 Å². The summed E-state index contributed by atoms with van der Waals surface area (Å²) in [6.45, 7) is 8.59. The van der Waals surface area contributed by atoms with Crippen LogP contribution in [0.15, 0.2) is 34.9 Å². The lowest BCUT2D eigenvalue weighted by molar-refractivity contribution is -0.132. The maximum atomic E-state index is 13.0. The van der Waals surface area contributed by atoms with Crippen LogP contribution in [0.25, 0.3) is 11.3 Å². The van der Waals surface area contributed by atoms with Crippen molar-refractivity contribution < 1.29 is 14.1 Å². The molecule has 2 amide bonds. The fourth-order valence-corrected chi connectivity index (χ4v) is 4.69. The molecule has 8 nitrogen and oxygen atoms in total. The summed E-state index contributed by atoms with van der Waals surface area (Å²) in [6, 6.07) is 9.92. The first kappa shape index (κ1) is 22.2. The lowest BCUT2D eigenvalue weighted by atomic mass is 10.1. The molecule has 0 unspecified atom stereocenters. The highest BCUT2D eigenvalue weighted by atomic mass is 32.1. The van der Waals surface area contributed by atoms with Gasteiger partial charge in [0.15, 0.2) is 5.82 Å². The van der Waals surface area contributed by atoms with Crippen LogP contribution in [0.5, 0.6) is 0 Å². The van der Waals surface area contributed by atoms with Gasteiger partial charge in [-0.3, -0.25) is 14.5 Å². The van der Waals surface area contributed by atoms with Crippen molar-refractivity contribution in [1.29, 1.82) is 0 Å². The lowest BCUT2D eigenvalue weighted by Gasteiger charge is -2.34.